The van der Waals surface area contributed by atoms with Crippen LogP contribution < -0.4 is 9.64 Å². The fourth-order valence-corrected chi connectivity index (χ4v) is 3.30. The Labute approximate surface area is 156 Å². The van der Waals surface area contributed by atoms with Crippen LogP contribution in [-0.4, -0.2) is 12.0 Å². The Balaban J connectivity index is 1.61. The van der Waals surface area contributed by atoms with Crippen LogP contribution in [0.15, 0.2) is 65.3 Å². The van der Waals surface area contributed by atoms with Gasteiger partial charge < -0.3 is 14.1 Å². The summed E-state index contributed by atoms with van der Waals surface area (Å²) in [6.45, 7) is 2.37. The Kier molecular flexibility index (Phi) is 4.43. The molecule has 0 spiro atoms. The topological polar surface area (TPSA) is 42.7 Å². The first-order valence-corrected chi connectivity index (χ1v) is 8.83. The molecule has 1 unspecified atom stereocenters. The maximum absolute atomic E-state index is 13.2. The molecule has 2 aromatic carbocycles. The second-order valence-electron chi connectivity index (χ2n) is 6.40. The van der Waals surface area contributed by atoms with E-state index in [1.54, 1.807) is 17.2 Å². The Morgan fingerprint density at radius 3 is 2.73 bits per heavy atom. The van der Waals surface area contributed by atoms with E-state index >= 15 is 0 Å². The first-order valence-electron chi connectivity index (χ1n) is 8.45. The lowest BCUT2D eigenvalue weighted by molar-refractivity contribution is -0.124. The molecule has 0 N–H and O–H groups in total. The third-order valence-electron chi connectivity index (χ3n) is 4.48. The second-order valence-corrected chi connectivity index (χ2v) is 6.84. The zero-order valence-corrected chi connectivity index (χ0v) is 15.1. The van der Waals surface area contributed by atoms with E-state index < -0.39 is 6.10 Å². The van der Waals surface area contributed by atoms with E-state index in [-0.39, 0.29) is 5.91 Å². The van der Waals surface area contributed by atoms with Crippen LogP contribution in [0.1, 0.15) is 16.9 Å². The lowest BCUT2D eigenvalue weighted by Gasteiger charge is -2.25. The minimum Gasteiger partial charge on any atom is -0.480 e. The molecule has 1 amide bonds. The van der Waals surface area contributed by atoms with Crippen molar-refractivity contribution in [2.75, 3.05) is 4.90 Å². The minimum atomic E-state index is -0.570. The molecule has 0 radical (unpaired) electrons. The molecule has 0 fully saturated rings. The summed E-state index contributed by atoms with van der Waals surface area (Å²) >= 11 is 6.06. The quantitative estimate of drug-likeness (QED) is 0.666. The lowest BCUT2D eigenvalue weighted by atomic mass is 10.1. The number of nitrogens with zero attached hydrogens (tertiary/aromatic N) is 1. The molecule has 2 heterocycles. The van der Waals surface area contributed by atoms with Gasteiger partial charge in [0.1, 0.15) is 11.5 Å². The third-order valence-corrected chi connectivity index (χ3v) is 4.71. The molecule has 1 aliphatic heterocycles. The van der Waals surface area contributed by atoms with Crippen molar-refractivity contribution in [1.82, 2.24) is 0 Å². The summed E-state index contributed by atoms with van der Waals surface area (Å²) in [5.41, 5.74) is 2.91. The average molecular weight is 368 g/mol. The molecule has 1 atom stereocenters. The predicted octanol–water partition coefficient (Wildman–Crippen LogP) is 4.78. The van der Waals surface area contributed by atoms with Gasteiger partial charge in [0.25, 0.3) is 5.91 Å². The summed E-state index contributed by atoms with van der Waals surface area (Å²) in [5, 5.41) is 0.645. The van der Waals surface area contributed by atoms with Gasteiger partial charge in [0, 0.05) is 17.1 Å². The number of carbonyl (C=O) groups is 1. The minimum absolute atomic E-state index is 0.0995. The monoisotopic (exact) mass is 367 g/mol. The van der Waals surface area contributed by atoms with Crippen LogP contribution in [0, 0.1) is 6.92 Å². The second kappa shape index (κ2) is 6.89. The number of anilines is 1. The molecule has 4 nitrogen and oxygen atoms in total. The van der Waals surface area contributed by atoms with E-state index in [4.69, 9.17) is 20.8 Å². The SMILES string of the molecule is Cc1ccc(N(Cc2ccco2)C(=O)C2Cc3cc(Cl)ccc3O2)cc1. The van der Waals surface area contributed by atoms with Crippen molar-refractivity contribution < 1.29 is 13.9 Å². The van der Waals surface area contributed by atoms with Gasteiger partial charge in [0.05, 0.1) is 12.8 Å². The number of hydrogen-bond acceptors (Lipinski definition) is 3. The van der Waals surface area contributed by atoms with E-state index in [0.717, 1.165) is 28.3 Å². The summed E-state index contributed by atoms with van der Waals surface area (Å²) in [5.74, 6) is 1.34. The summed E-state index contributed by atoms with van der Waals surface area (Å²) < 4.78 is 11.3. The Morgan fingerprint density at radius 2 is 2.00 bits per heavy atom. The van der Waals surface area contributed by atoms with Gasteiger partial charge >= 0.3 is 0 Å². The molecule has 3 aromatic rings. The number of amides is 1. The number of halogens is 1. The maximum Gasteiger partial charge on any atom is 0.268 e. The molecule has 0 saturated carbocycles. The fraction of sp³-hybridized carbons (Fsp3) is 0.190. The van der Waals surface area contributed by atoms with Crippen LogP contribution in [0.3, 0.4) is 0 Å². The van der Waals surface area contributed by atoms with Crippen molar-refractivity contribution in [3.05, 3.63) is 82.8 Å². The van der Waals surface area contributed by atoms with E-state index in [1.807, 2.05) is 55.5 Å². The molecule has 4 rings (SSSR count). The third kappa shape index (κ3) is 3.33. The van der Waals surface area contributed by atoms with Crippen molar-refractivity contribution in [2.24, 2.45) is 0 Å². The summed E-state index contributed by atoms with van der Waals surface area (Å²) in [6.07, 6.45) is 1.55. The molecule has 0 bridgehead atoms. The van der Waals surface area contributed by atoms with Gasteiger partial charge in [-0.25, -0.2) is 0 Å². The Hall–Kier alpha value is -2.72. The molecule has 26 heavy (non-hydrogen) atoms. The standard InChI is InChI=1S/C21H18ClNO3/c1-14-4-7-17(8-5-14)23(13-18-3-2-10-25-18)21(24)20-12-15-11-16(22)6-9-19(15)26-20/h2-11,20H,12-13H2,1H3. The highest BCUT2D eigenvalue weighted by molar-refractivity contribution is 6.30. The van der Waals surface area contributed by atoms with Gasteiger partial charge in [-0.15, -0.1) is 0 Å². The van der Waals surface area contributed by atoms with E-state index in [9.17, 15) is 4.79 Å². The molecule has 0 aliphatic carbocycles. The number of rotatable bonds is 4. The maximum atomic E-state index is 13.2. The zero-order chi connectivity index (χ0) is 18.1. The van der Waals surface area contributed by atoms with Gasteiger partial charge in [-0.05, 0) is 55.0 Å². The number of benzene rings is 2. The summed E-state index contributed by atoms with van der Waals surface area (Å²) in [7, 11) is 0. The molecule has 5 heteroatoms. The van der Waals surface area contributed by atoms with Crippen molar-refractivity contribution in [3.8, 4) is 5.75 Å². The van der Waals surface area contributed by atoms with Crippen LogP contribution in [0.4, 0.5) is 5.69 Å². The van der Waals surface area contributed by atoms with Crippen LogP contribution in [0.5, 0.6) is 5.75 Å². The Morgan fingerprint density at radius 1 is 1.19 bits per heavy atom. The highest BCUT2D eigenvalue weighted by Crippen LogP contribution is 2.32. The highest BCUT2D eigenvalue weighted by Gasteiger charge is 2.33. The van der Waals surface area contributed by atoms with E-state index in [0.29, 0.717) is 18.0 Å². The van der Waals surface area contributed by atoms with Crippen LogP contribution >= 0.6 is 11.6 Å². The number of hydrogen-bond donors (Lipinski definition) is 0. The normalized spacial score (nSPS) is 15.4. The summed E-state index contributed by atoms with van der Waals surface area (Å²) in [4.78, 5) is 14.9. The Bertz CT molecular complexity index is 919. The van der Waals surface area contributed by atoms with Gasteiger partial charge in [-0.1, -0.05) is 29.3 Å². The zero-order valence-electron chi connectivity index (χ0n) is 14.3. The van der Waals surface area contributed by atoms with E-state index in [2.05, 4.69) is 0 Å². The van der Waals surface area contributed by atoms with Crippen molar-refractivity contribution in [2.45, 2.75) is 26.0 Å². The summed E-state index contributed by atoms with van der Waals surface area (Å²) in [6, 6.07) is 17.0. The number of carbonyl (C=O) groups excluding carboxylic acids is 1. The smallest absolute Gasteiger partial charge is 0.268 e. The fourth-order valence-electron chi connectivity index (χ4n) is 3.11. The molecular formula is C21H18ClNO3. The van der Waals surface area contributed by atoms with Gasteiger partial charge in [-0.2, -0.15) is 0 Å². The van der Waals surface area contributed by atoms with Gasteiger partial charge in [0.15, 0.2) is 6.10 Å². The van der Waals surface area contributed by atoms with Gasteiger partial charge in [0.2, 0.25) is 0 Å². The van der Waals surface area contributed by atoms with Crippen LogP contribution in [0.2, 0.25) is 5.02 Å². The first kappa shape index (κ1) is 16.7. The van der Waals surface area contributed by atoms with Crippen molar-refractivity contribution >= 4 is 23.2 Å². The van der Waals surface area contributed by atoms with Crippen molar-refractivity contribution in [3.63, 3.8) is 0 Å². The van der Waals surface area contributed by atoms with Gasteiger partial charge in [-0.3, -0.25) is 4.79 Å². The van der Waals surface area contributed by atoms with E-state index in [1.165, 1.54) is 0 Å². The number of fused-ring (bicyclic) bond motifs is 1. The molecular weight excluding hydrogens is 350 g/mol. The van der Waals surface area contributed by atoms with Crippen LogP contribution in [-0.2, 0) is 17.8 Å². The van der Waals surface area contributed by atoms with Crippen molar-refractivity contribution in [1.29, 1.82) is 0 Å². The average Bonchev–Trinajstić information content (AvgIpc) is 3.29. The lowest BCUT2D eigenvalue weighted by Crippen LogP contribution is -2.41. The largest absolute Gasteiger partial charge is 0.480 e. The molecule has 1 aromatic heterocycles. The first-order chi connectivity index (χ1) is 12.6. The molecule has 132 valence electrons. The number of aryl methyl sites for hydroxylation is 1. The molecule has 0 saturated heterocycles. The number of furan rings is 1. The highest BCUT2D eigenvalue weighted by atomic mass is 35.5. The molecule has 1 aliphatic rings. The predicted molar refractivity (Wildman–Crippen MR) is 101 cm³/mol. The van der Waals surface area contributed by atoms with Crippen LogP contribution in [0.25, 0.3) is 0 Å². The number of ether oxygens (including phenoxy) is 1.